The largest absolute Gasteiger partial charge is 0.472 e. The molecule has 0 aromatic heterocycles. The maximum atomic E-state index is 12.4. The van der Waals surface area contributed by atoms with Gasteiger partial charge in [-0.1, -0.05) is 161 Å². The van der Waals surface area contributed by atoms with Crippen molar-refractivity contribution in [3.8, 4) is 0 Å². The molecule has 0 aliphatic heterocycles. The van der Waals surface area contributed by atoms with Crippen LogP contribution in [0.5, 0.6) is 0 Å². The predicted octanol–water partition coefficient (Wildman–Crippen LogP) is 12.3. The number of ether oxygens (including phenoxy) is 2. The van der Waals surface area contributed by atoms with E-state index in [1.807, 2.05) is 18.2 Å². The highest BCUT2D eigenvalue weighted by atomic mass is 31.2. The van der Waals surface area contributed by atoms with E-state index in [1.54, 1.807) is 0 Å². The predicted molar refractivity (Wildman–Crippen MR) is 251 cm³/mol. The first-order valence-corrected chi connectivity index (χ1v) is 24.0. The van der Waals surface area contributed by atoms with Gasteiger partial charge in [-0.05, 0) is 89.9 Å². The molecule has 3 N–H and O–H groups in total. The monoisotopic (exact) mass is 871 g/mol. The molecule has 0 rings (SSSR count). The summed E-state index contributed by atoms with van der Waals surface area (Å²) in [6.45, 7) is 1.85. The normalized spacial score (nSPS) is 14.9. The second-order valence-electron chi connectivity index (χ2n) is 14.3. The number of esters is 2. The minimum Gasteiger partial charge on any atom is -0.457 e. The molecule has 0 aliphatic rings. The molecule has 3 atom stereocenters. The Hall–Kier alpha value is -3.63. The summed E-state index contributed by atoms with van der Waals surface area (Å²) in [5, 5.41) is 19.2. The van der Waals surface area contributed by atoms with E-state index in [1.165, 1.54) is 0 Å². The maximum Gasteiger partial charge on any atom is 0.472 e. The van der Waals surface area contributed by atoms with Gasteiger partial charge in [0.15, 0.2) is 0 Å². The van der Waals surface area contributed by atoms with Gasteiger partial charge >= 0.3 is 19.8 Å². The molecule has 10 nitrogen and oxygen atoms in total. The molecule has 61 heavy (non-hydrogen) atoms. The standard InChI is InChI=1S/C50H79O10P/c1-3-5-7-9-11-13-15-17-19-21-23-25-27-29-31-33-35-37-39-41-49(53)59-47(43-51)45-57-61(55,56)58-46-48(44-52)60-50(54)42-40-38-36-34-32-30-28-26-24-22-20-18-16-14-12-10-8-6-4-2/h5-8,11-14,17-20,23-26,29,31,35,37,47-48,51-52H,3-4,9-10,15-16,21-22,27-28,30,32-34,36,38-46H2,1-2H3,(H,55,56)/b7-5-,8-6-,13-11-,14-12-,19-17-,20-18-,25-23-,26-24-,31-29-,37-35-. The number of carbonyl (C=O) groups is 2. The summed E-state index contributed by atoms with van der Waals surface area (Å²) in [5.41, 5.74) is 0. The average Bonchev–Trinajstić information content (AvgIpc) is 3.25. The lowest BCUT2D eigenvalue weighted by Crippen LogP contribution is -2.28. The van der Waals surface area contributed by atoms with Crippen LogP contribution in [-0.4, -0.2) is 65.7 Å². The molecule has 0 aliphatic carbocycles. The molecule has 11 heteroatoms. The van der Waals surface area contributed by atoms with Crippen LogP contribution in [-0.2, 0) is 32.7 Å². The molecule has 3 unspecified atom stereocenters. The fraction of sp³-hybridized carbons (Fsp3) is 0.560. The van der Waals surface area contributed by atoms with Crippen molar-refractivity contribution in [2.75, 3.05) is 26.4 Å². The number of phosphoric ester groups is 1. The van der Waals surface area contributed by atoms with Crippen LogP contribution < -0.4 is 0 Å². The quantitative estimate of drug-likeness (QED) is 0.0235. The number of hydrogen-bond acceptors (Lipinski definition) is 9. The highest BCUT2D eigenvalue weighted by molar-refractivity contribution is 7.47. The van der Waals surface area contributed by atoms with Crippen LogP contribution in [0.4, 0.5) is 0 Å². The van der Waals surface area contributed by atoms with Gasteiger partial charge in [0.2, 0.25) is 0 Å². The fourth-order valence-electron chi connectivity index (χ4n) is 5.31. The SMILES string of the molecule is CC/C=C\C/C=C\C/C=C\C/C=C\C/C=C\C/C=C\CCC(=O)OC(CO)COP(=O)(O)OCC(CO)OC(=O)CCCCCCCC/C=C\C/C=C\C/C=C\C/C=C\CC. The number of aliphatic hydroxyl groups excluding tert-OH is 2. The Bertz CT molecular complexity index is 1420. The first-order chi connectivity index (χ1) is 29.8. The number of rotatable bonds is 40. The number of allylic oxidation sites excluding steroid dienone is 20. The molecule has 0 saturated heterocycles. The van der Waals surface area contributed by atoms with E-state index >= 15 is 0 Å². The highest BCUT2D eigenvalue weighted by Gasteiger charge is 2.27. The van der Waals surface area contributed by atoms with Crippen LogP contribution in [0.25, 0.3) is 0 Å². The summed E-state index contributed by atoms with van der Waals surface area (Å²) in [5.74, 6) is -1.13. The van der Waals surface area contributed by atoms with Crippen LogP contribution in [0.1, 0.15) is 142 Å². The van der Waals surface area contributed by atoms with Gasteiger partial charge in [0.1, 0.15) is 12.2 Å². The maximum absolute atomic E-state index is 12.4. The van der Waals surface area contributed by atoms with Gasteiger partial charge in [-0.3, -0.25) is 18.6 Å². The molecule has 0 saturated carbocycles. The molecule has 0 spiro atoms. The molecule has 344 valence electrons. The van der Waals surface area contributed by atoms with Crippen molar-refractivity contribution >= 4 is 19.8 Å². The number of phosphoric acid groups is 1. The molecule has 0 aromatic carbocycles. The summed E-state index contributed by atoms with van der Waals surface area (Å²) in [7, 11) is -4.67. The molecule has 0 bridgehead atoms. The van der Waals surface area contributed by atoms with Crippen LogP contribution >= 0.6 is 7.82 Å². The Labute approximate surface area is 368 Å². The minimum atomic E-state index is -4.67. The van der Waals surface area contributed by atoms with E-state index < -0.39 is 58.4 Å². The smallest absolute Gasteiger partial charge is 0.457 e. The number of unbranched alkanes of at least 4 members (excludes halogenated alkanes) is 6. The molecule has 0 heterocycles. The Morgan fingerprint density at radius 2 is 0.754 bits per heavy atom. The Balaban J connectivity index is 4.06. The zero-order valence-electron chi connectivity index (χ0n) is 37.3. The lowest BCUT2D eigenvalue weighted by atomic mass is 10.1. The van der Waals surface area contributed by atoms with E-state index in [2.05, 4.69) is 117 Å². The Kier molecular flexibility index (Phi) is 41.8. The third kappa shape index (κ3) is 42.8. The summed E-state index contributed by atoms with van der Waals surface area (Å²) >= 11 is 0. The molecule has 0 aromatic rings. The van der Waals surface area contributed by atoms with Gasteiger partial charge in [-0.25, -0.2) is 4.57 Å². The summed E-state index contributed by atoms with van der Waals surface area (Å²) in [6, 6.07) is 0. The molecular formula is C50H79O10P. The van der Waals surface area contributed by atoms with Crippen LogP contribution in [0.15, 0.2) is 122 Å². The zero-order valence-corrected chi connectivity index (χ0v) is 38.2. The van der Waals surface area contributed by atoms with Crippen molar-refractivity contribution in [3.05, 3.63) is 122 Å². The number of carbonyl (C=O) groups excluding carboxylic acids is 2. The van der Waals surface area contributed by atoms with E-state index in [0.29, 0.717) is 12.8 Å². The summed E-state index contributed by atoms with van der Waals surface area (Å²) in [6.07, 6.45) is 57.5. The molecule has 0 amide bonds. The van der Waals surface area contributed by atoms with Gasteiger partial charge in [-0.2, -0.15) is 0 Å². The summed E-state index contributed by atoms with van der Waals surface area (Å²) in [4.78, 5) is 34.5. The van der Waals surface area contributed by atoms with Gasteiger partial charge in [0.05, 0.1) is 26.4 Å². The van der Waals surface area contributed by atoms with Crippen molar-refractivity contribution < 1.29 is 47.8 Å². The number of aliphatic hydroxyl groups is 2. The second-order valence-corrected chi connectivity index (χ2v) is 15.7. The third-order valence-corrected chi connectivity index (χ3v) is 9.63. The van der Waals surface area contributed by atoms with Gasteiger partial charge in [0, 0.05) is 12.8 Å². The van der Waals surface area contributed by atoms with Crippen molar-refractivity contribution in [3.63, 3.8) is 0 Å². The summed E-state index contributed by atoms with van der Waals surface area (Å²) < 4.78 is 32.5. The molecule has 0 radical (unpaired) electrons. The van der Waals surface area contributed by atoms with Gasteiger partial charge in [-0.15, -0.1) is 0 Å². The van der Waals surface area contributed by atoms with E-state index in [-0.39, 0.29) is 12.8 Å². The topological polar surface area (TPSA) is 149 Å². The fourth-order valence-corrected chi connectivity index (χ4v) is 6.09. The first kappa shape index (κ1) is 57.4. The zero-order chi connectivity index (χ0) is 44.8. The average molecular weight is 871 g/mol. The lowest BCUT2D eigenvalue weighted by Gasteiger charge is -2.20. The van der Waals surface area contributed by atoms with Crippen molar-refractivity contribution in [2.45, 2.75) is 154 Å². The van der Waals surface area contributed by atoms with Crippen LogP contribution in [0.2, 0.25) is 0 Å². The molecular weight excluding hydrogens is 792 g/mol. The van der Waals surface area contributed by atoms with E-state index in [9.17, 15) is 29.3 Å². The van der Waals surface area contributed by atoms with Gasteiger partial charge in [0.25, 0.3) is 0 Å². The van der Waals surface area contributed by atoms with E-state index in [0.717, 1.165) is 103 Å². The van der Waals surface area contributed by atoms with Crippen LogP contribution in [0, 0.1) is 0 Å². The van der Waals surface area contributed by atoms with Gasteiger partial charge < -0.3 is 24.6 Å². The second kappa shape index (κ2) is 44.4. The highest BCUT2D eigenvalue weighted by Crippen LogP contribution is 2.43. The Morgan fingerprint density at radius 1 is 0.443 bits per heavy atom. The molecule has 0 fully saturated rings. The van der Waals surface area contributed by atoms with Crippen LogP contribution in [0.3, 0.4) is 0 Å². The van der Waals surface area contributed by atoms with E-state index in [4.69, 9.17) is 18.5 Å². The lowest BCUT2D eigenvalue weighted by molar-refractivity contribution is -0.153. The first-order valence-electron chi connectivity index (χ1n) is 22.5. The Morgan fingerprint density at radius 3 is 1.13 bits per heavy atom. The van der Waals surface area contributed by atoms with Crippen molar-refractivity contribution in [1.29, 1.82) is 0 Å². The van der Waals surface area contributed by atoms with Crippen molar-refractivity contribution in [1.82, 2.24) is 0 Å². The van der Waals surface area contributed by atoms with Crippen molar-refractivity contribution in [2.24, 2.45) is 0 Å². The minimum absolute atomic E-state index is 0.0583. The number of hydrogen-bond donors (Lipinski definition) is 3. The third-order valence-electron chi connectivity index (χ3n) is 8.68.